The first kappa shape index (κ1) is 16.2. The van der Waals surface area contributed by atoms with E-state index in [1.807, 2.05) is 13.8 Å². The largest absolute Gasteiger partial charge is 0.350 e. The second-order valence-corrected chi connectivity index (χ2v) is 6.01. The smallest absolute Gasteiger partial charge is 0.308 e. The maximum Gasteiger partial charge on any atom is 0.308 e. The number of rotatable bonds is 5. The average molecular weight is 306 g/mol. The molecule has 0 aliphatic heterocycles. The van der Waals surface area contributed by atoms with Gasteiger partial charge in [-0.15, -0.1) is 12.4 Å². The Labute approximate surface area is 122 Å². The molecule has 1 heterocycles. The lowest BCUT2D eigenvalue weighted by Gasteiger charge is -2.16. The number of hydrogen-bond donors (Lipinski definition) is 2. The van der Waals surface area contributed by atoms with E-state index in [0.29, 0.717) is 12.5 Å². The fourth-order valence-corrected chi connectivity index (χ4v) is 2.87. The van der Waals surface area contributed by atoms with Crippen LogP contribution >= 0.6 is 23.7 Å². The molecule has 1 amide bonds. The Morgan fingerprint density at radius 1 is 1.53 bits per heavy atom. The van der Waals surface area contributed by atoms with Crippen molar-refractivity contribution in [2.24, 2.45) is 11.7 Å². The van der Waals surface area contributed by atoms with Gasteiger partial charge in [-0.05, 0) is 32.6 Å². The van der Waals surface area contributed by atoms with E-state index >= 15 is 0 Å². The highest BCUT2D eigenvalue weighted by molar-refractivity contribution is 7.09. The van der Waals surface area contributed by atoms with Gasteiger partial charge in [-0.2, -0.15) is 0 Å². The first-order chi connectivity index (χ1) is 8.52. The van der Waals surface area contributed by atoms with E-state index < -0.39 is 0 Å². The Hall–Kier alpha value is -0.850. The predicted molar refractivity (Wildman–Crippen MR) is 79.0 cm³/mol. The summed E-state index contributed by atoms with van der Waals surface area (Å²) in [5.41, 5.74) is 6.51. The Bertz CT molecular complexity index is 508. The molecule has 1 fully saturated rings. The van der Waals surface area contributed by atoms with Gasteiger partial charge >= 0.3 is 4.87 Å². The number of thiazole rings is 1. The number of hydrogen-bond acceptors (Lipinski definition) is 4. The van der Waals surface area contributed by atoms with Crippen molar-refractivity contribution in [3.63, 3.8) is 0 Å². The van der Waals surface area contributed by atoms with Crippen molar-refractivity contribution in [2.45, 2.75) is 39.3 Å². The highest BCUT2D eigenvalue weighted by atomic mass is 35.5. The lowest BCUT2D eigenvalue weighted by atomic mass is 10.2. The van der Waals surface area contributed by atoms with Gasteiger partial charge in [0.25, 0.3) is 0 Å². The summed E-state index contributed by atoms with van der Waals surface area (Å²) in [7, 11) is 0. The Morgan fingerprint density at radius 2 is 2.16 bits per heavy atom. The Morgan fingerprint density at radius 3 is 2.58 bits per heavy atom. The maximum absolute atomic E-state index is 11.9. The van der Waals surface area contributed by atoms with Gasteiger partial charge in [-0.25, -0.2) is 0 Å². The molecule has 0 spiro atoms. The molecule has 1 aliphatic carbocycles. The van der Waals surface area contributed by atoms with Gasteiger partial charge in [0.15, 0.2) is 0 Å². The zero-order valence-electron chi connectivity index (χ0n) is 11.1. The van der Waals surface area contributed by atoms with Crippen LogP contribution in [0, 0.1) is 19.8 Å². The summed E-state index contributed by atoms with van der Waals surface area (Å²) >= 11 is 1.18. The van der Waals surface area contributed by atoms with Crippen LogP contribution in [0.25, 0.3) is 0 Å². The van der Waals surface area contributed by atoms with Crippen LogP contribution in [0.4, 0.5) is 0 Å². The van der Waals surface area contributed by atoms with Gasteiger partial charge in [0.05, 0.1) is 0 Å². The Balaban J connectivity index is 0.00000180. The Kier molecular flexibility index (Phi) is 5.58. The molecule has 1 atom stereocenters. The van der Waals surface area contributed by atoms with Crippen molar-refractivity contribution in [3.05, 3.63) is 20.2 Å². The summed E-state index contributed by atoms with van der Waals surface area (Å²) in [6.45, 7) is 4.32. The molecule has 5 nitrogen and oxygen atoms in total. The lowest BCUT2D eigenvalue weighted by molar-refractivity contribution is -0.122. The van der Waals surface area contributed by atoms with Crippen molar-refractivity contribution >= 4 is 29.7 Å². The number of aryl methyl sites for hydroxylation is 1. The van der Waals surface area contributed by atoms with E-state index in [1.54, 1.807) is 0 Å². The highest BCUT2D eigenvalue weighted by Gasteiger charge is 2.31. The SMILES string of the molecule is Cc1sc(=O)n(CC(=O)NC(CN)C2CC2)c1C.Cl. The molecule has 0 saturated heterocycles. The average Bonchev–Trinajstić information content (AvgIpc) is 3.12. The third-order valence-corrected chi connectivity index (χ3v) is 4.46. The van der Waals surface area contributed by atoms with Crippen molar-refractivity contribution in [2.75, 3.05) is 6.54 Å². The molecule has 0 bridgehead atoms. The monoisotopic (exact) mass is 305 g/mol. The number of halogens is 1. The minimum absolute atomic E-state index is 0. The molecule has 0 radical (unpaired) electrons. The zero-order chi connectivity index (χ0) is 13.3. The first-order valence-electron chi connectivity index (χ1n) is 6.19. The molecule has 108 valence electrons. The molecule has 1 aromatic rings. The summed E-state index contributed by atoms with van der Waals surface area (Å²) in [6.07, 6.45) is 2.28. The maximum atomic E-state index is 11.9. The van der Waals surface area contributed by atoms with Crippen LogP contribution < -0.4 is 15.9 Å². The molecule has 3 N–H and O–H groups in total. The van der Waals surface area contributed by atoms with E-state index in [0.717, 1.165) is 23.4 Å². The fraction of sp³-hybridized carbons (Fsp3) is 0.667. The molecular formula is C12H20ClN3O2S. The quantitative estimate of drug-likeness (QED) is 0.845. The number of aromatic nitrogens is 1. The van der Waals surface area contributed by atoms with Gasteiger partial charge in [0.1, 0.15) is 6.54 Å². The van der Waals surface area contributed by atoms with Crippen LogP contribution in [0.5, 0.6) is 0 Å². The van der Waals surface area contributed by atoms with Gasteiger partial charge in [0, 0.05) is 23.2 Å². The van der Waals surface area contributed by atoms with E-state index in [-0.39, 0.29) is 35.8 Å². The lowest BCUT2D eigenvalue weighted by Crippen LogP contribution is -2.43. The number of amides is 1. The number of carbonyl (C=O) groups excluding carboxylic acids is 1. The van der Waals surface area contributed by atoms with E-state index in [2.05, 4.69) is 5.32 Å². The van der Waals surface area contributed by atoms with Gasteiger partial charge in [-0.1, -0.05) is 11.3 Å². The van der Waals surface area contributed by atoms with Crippen LogP contribution in [-0.2, 0) is 11.3 Å². The van der Waals surface area contributed by atoms with Crippen LogP contribution in [0.1, 0.15) is 23.4 Å². The van der Waals surface area contributed by atoms with Gasteiger partial charge in [0.2, 0.25) is 5.91 Å². The summed E-state index contributed by atoms with van der Waals surface area (Å²) < 4.78 is 1.52. The molecule has 1 aromatic heterocycles. The van der Waals surface area contributed by atoms with Crippen molar-refractivity contribution < 1.29 is 4.79 Å². The standard InChI is InChI=1S/C12H19N3O2S.ClH/c1-7-8(2)18-12(17)15(7)6-11(16)14-10(5-13)9-3-4-9;/h9-10H,3-6,13H2,1-2H3,(H,14,16);1H. The van der Waals surface area contributed by atoms with Crippen LogP contribution in [-0.4, -0.2) is 23.1 Å². The van der Waals surface area contributed by atoms with Gasteiger partial charge in [-0.3, -0.25) is 14.2 Å². The normalized spacial score (nSPS) is 15.7. The molecular weight excluding hydrogens is 286 g/mol. The first-order valence-corrected chi connectivity index (χ1v) is 7.00. The minimum Gasteiger partial charge on any atom is -0.350 e. The summed E-state index contributed by atoms with van der Waals surface area (Å²) in [5, 5.41) is 2.92. The van der Waals surface area contributed by atoms with Crippen molar-refractivity contribution in [1.29, 1.82) is 0 Å². The molecule has 7 heteroatoms. The zero-order valence-corrected chi connectivity index (χ0v) is 12.8. The van der Waals surface area contributed by atoms with Crippen LogP contribution in [0.15, 0.2) is 4.79 Å². The van der Waals surface area contributed by atoms with E-state index in [4.69, 9.17) is 5.73 Å². The second kappa shape index (κ2) is 6.54. The minimum atomic E-state index is -0.125. The van der Waals surface area contributed by atoms with Crippen LogP contribution in [0.3, 0.4) is 0 Å². The predicted octanol–water partition coefficient (Wildman–Crippen LogP) is 0.802. The van der Waals surface area contributed by atoms with E-state index in [1.165, 1.54) is 15.9 Å². The number of nitrogens with two attached hydrogens (primary N) is 1. The fourth-order valence-electron chi connectivity index (χ4n) is 2.03. The topological polar surface area (TPSA) is 77.1 Å². The third kappa shape index (κ3) is 3.81. The molecule has 2 rings (SSSR count). The number of nitrogens with zero attached hydrogens (tertiary/aromatic N) is 1. The number of carbonyl (C=O) groups is 1. The molecule has 1 saturated carbocycles. The van der Waals surface area contributed by atoms with Crippen molar-refractivity contribution in [3.8, 4) is 0 Å². The van der Waals surface area contributed by atoms with Gasteiger partial charge < -0.3 is 11.1 Å². The van der Waals surface area contributed by atoms with Crippen molar-refractivity contribution in [1.82, 2.24) is 9.88 Å². The summed E-state index contributed by atoms with van der Waals surface area (Å²) in [5.74, 6) is 0.404. The second-order valence-electron chi connectivity index (χ2n) is 4.84. The van der Waals surface area contributed by atoms with Crippen LogP contribution in [0.2, 0.25) is 0 Å². The molecule has 19 heavy (non-hydrogen) atoms. The number of nitrogens with one attached hydrogen (secondary N) is 1. The highest BCUT2D eigenvalue weighted by Crippen LogP contribution is 2.32. The summed E-state index contributed by atoms with van der Waals surface area (Å²) in [4.78, 5) is 24.5. The summed E-state index contributed by atoms with van der Waals surface area (Å²) in [6, 6.07) is 0.0632. The van der Waals surface area contributed by atoms with E-state index in [9.17, 15) is 9.59 Å². The molecule has 1 aliphatic rings. The molecule has 1 unspecified atom stereocenters. The third-order valence-electron chi connectivity index (χ3n) is 3.47. The molecule has 0 aromatic carbocycles.